The molecule has 0 saturated heterocycles. The van der Waals surface area contributed by atoms with E-state index in [1.54, 1.807) is 6.07 Å². The first-order chi connectivity index (χ1) is 8.63. The number of nitrogens with one attached hydrogen (secondary N) is 1. The molecule has 0 unspecified atom stereocenters. The maximum atomic E-state index is 13.7. The fraction of sp³-hybridized carbons (Fsp3) is 0.571. The fourth-order valence-electron chi connectivity index (χ4n) is 2.37. The van der Waals surface area contributed by atoms with Gasteiger partial charge in [-0.3, -0.25) is 0 Å². The van der Waals surface area contributed by atoms with Crippen molar-refractivity contribution in [3.63, 3.8) is 0 Å². The molecule has 4 heteroatoms. The first-order valence-corrected chi connectivity index (χ1v) is 6.41. The lowest BCUT2D eigenvalue weighted by molar-refractivity contribution is 0.000326. The molecule has 2 N–H and O–H groups in total. The quantitative estimate of drug-likeness (QED) is 0.845. The van der Waals surface area contributed by atoms with E-state index in [0.717, 1.165) is 31.2 Å². The highest BCUT2D eigenvalue weighted by atomic mass is 19.1. The second-order valence-electron chi connectivity index (χ2n) is 5.02. The Hall–Kier alpha value is -1.13. The Kier molecular flexibility index (Phi) is 4.19. The zero-order chi connectivity index (χ0) is 13.0. The minimum Gasteiger partial charge on any atom is -0.488 e. The number of halogens is 1. The molecule has 0 aliphatic heterocycles. The number of hydrogen-bond donors (Lipinski definition) is 2. The van der Waals surface area contributed by atoms with Gasteiger partial charge in [0.1, 0.15) is 6.61 Å². The maximum absolute atomic E-state index is 13.7. The fourth-order valence-corrected chi connectivity index (χ4v) is 2.37. The molecule has 1 aromatic carbocycles. The summed E-state index contributed by atoms with van der Waals surface area (Å²) in [6, 6.07) is 4.92. The van der Waals surface area contributed by atoms with Crippen LogP contribution in [0.25, 0.3) is 0 Å². The van der Waals surface area contributed by atoms with Crippen LogP contribution in [0.5, 0.6) is 5.75 Å². The Morgan fingerprint density at radius 1 is 1.39 bits per heavy atom. The molecule has 1 fully saturated rings. The molecule has 1 aliphatic carbocycles. The molecular weight excluding hydrogens is 233 g/mol. The van der Waals surface area contributed by atoms with Gasteiger partial charge in [0.05, 0.1) is 5.60 Å². The summed E-state index contributed by atoms with van der Waals surface area (Å²) in [5.41, 5.74) is 0.109. The molecular formula is C14H20FNO2. The SMILES string of the molecule is CNCc1ccc(OCC2(O)CCCC2)c(F)c1. The third kappa shape index (κ3) is 3.21. The maximum Gasteiger partial charge on any atom is 0.165 e. The summed E-state index contributed by atoms with van der Waals surface area (Å²) in [6.07, 6.45) is 3.52. The molecule has 0 radical (unpaired) electrons. The van der Waals surface area contributed by atoms with Gasteiger partial charge in [-0.15, -0.1) is 0 Å². The van der Waals surface area contributed by atoms with Crippen LogP contribution in [-0.4, -0.2) is 24.4 Å². The van der Waals surface area contributed by atoms with Crippen molar-refractivity contribution in [2.24, 2.45) is 0 Å². The Morgan fingerprint density at radius 3 is 2.72 bits per heavy atom. The lowest BCUT2D eigenvalue weighted by atomic mass is 10.0. The van der Waals surface area contributed by atoms with Crippen LogP contribution in [0.3, 0.4) is 0 Å². The van der Waals surface area contributed by atoms with Crippen molar-refractivity contribution in [2.45, 2.75) is 37.8 Å². The van der Waals surface area contributed by atoms with Gasteiger partial charge in [-0.1, -0.05) is 18.9 Å². The zero-order valence-electron chi connectivity index (χ0n) is 10.7. The van der Waals surface area contributed by atoms with Crippen molar-refractivity contribution in [1.29, 1.82) is 0 Å². The van der Waals surface area contributed by atoms with Gasteiger partial charge in [0, 0.05) is 6.54 Å². The van der Waals surface area contributed by atoms with Crippen LogP contribution >= 0.6 is 0 Å². The van der Waals surface area contributed by atoms with Crippen LogP contribution in [-0.2, 0) is 6.54 Å². The third-order valence-corrected chi connectivity index (χ3v) is 3.41. The minimum atomic E-state index is -0.768. The molecule has 0 heterocycles. The summed E-state index contributed by atoms with van der Waals surface area (Å²) in [6.45, 7) is 0.802. The number of benzene rings is 1. The lowest BCUT2D eigenvalue weighted by Gasteiger charge is -2.22. The van der Waals surface area contributed by atoms with Gasteiger partial charge in [0.2, 0.25) is 0 Å². The Balaban J connectivity index is 1.97. The van der Waals surface area contributed by atoms with Crippen molar-refractivity contribution in [3.8, 4) is 5.75 Å². The van der Waals surface area contributed by atoms with Crippen LogP contribution in [0, 0.1) is 5.82 Å². The Bertz CT molecular complexity index is 403. The molecule has 3 nitrogen and oxygen atoms in total. The van der Waals surface area contributed by atoms with Gasteiger partial charge < -0.3 is 15.2 Å². The smallest absolute Gasteiger partial charge is 0.165 e. The van der Waals surface area contributed by atoms with E-state index >= 15 is 0 Å². The summed E-state index contributed by atoms with van der Waals surface area (Å²) in [4.78, 5) is 0. The molecule has 18 heavy (non-hydrogen) atoms. The monoisotopic (exact) mass is 253 g/mol. The van der Waals surface area contributed by atoms with Crippen LogP contribution < -0.4 is 10.1 Å². The van der Waals surface area contributed by atoms with Gasteiger partial charge in [-0.2, -0.15) is 0 Å². The van der Waals surface area contributed by atoms with E-state index in [2.05, 4.69) is 5.32 Å². The summed E-state index contributed by atoms with van der Waals surface area (Å²) < 4.78 is 19.1. The molecule has 100 valence electrons. The van der Waals surface area contributed by atoms with E-state index in [9.17, 15) is 9.50 Å². The second kappa shape index (κ2) is 5.67. The number of ether oxygens (including phenoxy) is 1. The number of aliphatic hydroxyl groups is 1. The van der Waals surface area contributed by atoms with Crippen molar-refractivity contribution in [2.75, 3.05) is 13.7 Å². The van der Waals surface area contributed by atoms with E-state index in [0.29, 0.717) is 6.54 Å². The summed E-state index contributed by atoms with van der Waals surface area (Å²) in [5, 5.41) is 13.1. The highest BCUT2D eigenvalue weighted by Crippen LogP contribution is 2.30. The molecule has 0 amide bonds. The minimum absolute atomic E-state index is 0.176. The van der Waals surface area contributed by atoms with Crippen molar-refractivity contribution in [1.82, 2.24) is 5.32 Å². The average Bonchev–Trinajstić information content (AvgIpc) is 2.76. The largest absolute Gasteiger partial charge is 0.488 e. The van der Waals surface area contributed by atoms with Crippen molar-refractivity contribution >= 4 is 0 Å². The molecule has 2 rings (SSSR count). The van der Waals surface area contributed by atoms with E-state index in [1.807, 2.05) is 13.1 Å². The van der Waals surface area contributed by atoms with E-state index in [-0.39, 0.29) is 18.2 Å². The molecule has 1 saturated carbocycles. The van der Waals surface area contributed by atoms with Gasteiger partial charge in [0.15, 0.2) is 11.6 Å². The van der Waals surface area contributed by atoms with E-state index in [1.165, 1.54) is 6.07 Å². The van der Waals surface area contributed by atoms with Crippen LogP contribution in [0.2, 0.25) is 0 Å². The standard InChI is InChI=1S/C14H20FNO2/c1-16-9-11-4-5-13(12(15)8-11)18-10-14(17)6-2-3-7-14/h4-5,8,16-17H,2-3,6-7,9-10H2,1H3. The molecule has 0 bridgehead atoms. The normalized spacial score (nSPS) is 17.9. The van der Waals surface area contributed by atoms with Gasteiger partial charge in [-0.05, 0) is 37.6 Å². The van der Waals surface area contributed by atoms with Gasteiger partial charge >= 0.3 is 0 Å². The first kappa shape index (κ1) is 13.3. The molecule has 1 aliphatic rings. The van der Waals surface area contributed by atoms with Crippen molar-refractivity contribution < 1.29 is 14.2 Å². The van der Waals surface area contributed by atoms with E-state index < -0.39 is 5.60 Å². The molecule has 0 spiro atoms. The highest BCUT2D eigenvalue weighted by Gasteiger charge is 2.32. The first-order valence-electron chi connectivity index (χ1n) is 6.41. The van der Waals surface area contributed by atoms with Crippen molar-refractivity contribution in [3.05, 3.63) is 29.6 Å². The van der Waals surface area contributed by atoms with Gasteiger partial charge in [-0.25, -0.2) is 4.39 Å². The number of rotatable bonds is 5. The Labute approximate surface area is 107 Å². The average molecular weight is 253 g/mol. The topological polar surface area (TPSA) is 41.5 Å². The molecule has 0 aromatic heterocycles. The lowest BCUT2D eigenvalue weighted by Crippen LogP contribution is -2.32. The highest BCUT2D eigenvalue weighted by molar-refractivity contribution is 5.29. The molecule has 0 atom stereocenters. The summed E-state index contributed by atoms with van der Waals surface area (Å²) in [5.74, 6) is -0.153. The third-order valence-electron chi connectivity index (χ3n) is 3.41. The predicted molar refractivity (Wildman–Crippen MR) is 68.1 cm³/mol. The zero-order valence-corrected chi connectivity index (χ0v) is 10.7. The second-order valence-corrected chi connectivity index (χ2v) is 5.02. The van der Waals surface area contributed by atoms with Crippen LogP contribution in [0.1, 0.15) is 31.2 Å². The molecule has 1 aromatic rings. The van der Waals surface area contributed by atoms with Crippen LogP contribution in [0.15, 0.2) is 18.2 Å². The summed E-state index contributed by atoms with van der Waals surface area (Å²) >= 11 is 0. The summed E-state index contributed by atoms with van der Waals surface area (Å²) in [7, 11) is 1.82. The van der Waals surface area contributed by atoms with E-state index in [4.69, 9.17) is 4.74 Å². The number of hydrogen-bond acceptors (Lipinski definition) is 3. The predicted octanol–water partition coefficient (Wildman–Crippen LogP) is 2.23. The van der Waals surface area contributed by atoms with Crippen LogP contribution in [0.4, 0.5) is 4.39 Å². The Morgan fingerprint density at radius 2 is 2.11 bits per heavy atom. The van der Waals surface area contributed by atoms with Gasteiger partial charge in [0.25, 0.3) is 0 Å².